The van der Waals surface area contributed by atoms with Crippen LogP contribution in [0.4, 0.5) is 0 Å². The van der Waals surface area contributed by atoms with Crippen molar-refractivity contribution < 1.29 is 33.7 Å². The molecule has 0 aromatic carbocycles. The van der Waals surface area contributed by atoms with Gasteiger partial charge in [-0.05, 0) is 64.7 Å². The van der Waals surface area contributed by atoms with Crippen LogP contribution in [0, 0.1) is 24.2 Å². The lowest BCUT2D eigenvalue weighted by atomic mass is 9.92. The van der Waals surface area contributed by atoms with Crippen molar-refractivity contribution in [2.24, 2.45) is 5.92 Å². The Morgan fingerprint density at radius 1 is 1.24 bits per heavy atom. The summed E-state index contributed by atoms with van der Waals surface area (Å²) in [7, 11) is 0. The first-order valence-electron chi connectivity index (χ1n) is 12.9. The van der Waals surface area contributed by atoms with Gasteiger partial charge in [-0.1, -0.05) is 0 Å². The van der Waals surface area contributed by atoms with E-state index in [-0.39, 0.29) is 12.5 Å². The van der Waals surface area contributed by atoms with Gasteiger partial charge in [-0.15, -0.1) is 23.4 Å². The zero-order valence-corrected chi connectivity index (χ0v) is 23.5. The number of carbonyl (C=O) groups excluding carboxylic acids is 1. The van der Waals surface area contributed by atoms with E-state index >= 15 is 0 Å². The predicted molar refractivity (Wildman–Crippen MR) is 140 cm³/mol. The summed E-state index contributed by atoms with van der Waals surface area (Å²) in [5.41, 5.74) is -0.802. The number of unbranched alkanes of at least 4 members (excludes halogenated alkanes) is 1. The maximum absolute atomic E-state index is 13.7. The highest BCUT2D eigenvalue weighted by Gasteiger charge is 2.48. The summed E-state index contributed by atoms with van der Waals surface area (Å²) in [5.74, 6) is -0.0899. The van der Waals surface area contributed by atoms with E-state index in [2.05, 4.69) is 11.4 Å². The molecule has 1 aromatic heterocycles. The molecule has 214 valence electrons. The minimum absolute atomic E-state index is 0.198. The first-order valence-corrected chi connectivity index (χ1v) is 14.7. The highest BCUT2D eigenvalue weighted by atomic mass is 35.5. The van der Waals surface area contributed by atoms with E-state index < -0.39 is 53.1 Å². The number of carbonyl (C=O) groups is 1. The minimum atomic E-state index is -1.46. The van der Waals surface area contributed by atoms with E-state index in [1.54, 1.807) is 20.1 Å². The Morgan fingerprint density at radius 2 is 1.97 bits per heavy atom. The molecule has 13 heteroatoms. The summed E-state index contributed by atoms with van der Waals surface area (Å²) in [6.45, 7) is 4.05. The maximum atomic E-state index is 13.7. The van der Waals surface area contributed by atoms with Crippen LogP contribution in [0.3, 0.4) is 0 Å². The number of alkyl halides is 1. The molecule has 1 amide bonds. The smallest absolute Gasteiger partial charge is 0.396 e. The minimum Gasteiger partial charge on any atom is -0.396 e. The van der Waals surface area contributed by atoms with E-state index in [1.807, 2.05) is 4.90 Å². The average molecular weight is 576 g/mol. The van der Waals surface area contributed by atoms with Crippen LogP contribution < -0.4 is 11.1 Å². The van der Waals surface area contributed by atoms with Gasteiger partial charge in [-0.2, -0.15) is 5.26 Å². The SMILES string of the molecule is CSC1OC(C(NC(=O)C2CCC(CCCC#N)CCN2Cc2oc(=O)oc2C)C(C)Cl)C(O)C(O)C1O. The molecular formula is C25H38ClN3O8S. The van der Waals surface area contributed by atoms with Gasteiger partial charge in [0.15, 0.2) is 5.76 Å². The number of aliphatic hydroxyl groups excluding tert-OH is 3. The number of nitriles is 1. The molecule has 2 saturated heterocycles. The number of hydrogen-bond donors (Lipinski definition) is 4. The Hall–Kier alpha value is -1.59. The van der Waals surface area contributed by atoms with Gasteiger partial charge in [-0.3, -0.25) is 9.69 Å². The van der Waals surface area contributed by atoms with Gasteiger partial charge in [0.05, 0.1) is 30.1 Å². The highest BCUT2D eigenvalue weighted by molar-refractivity contribution is 7.99. The van der Waals surface area contributed by atoms with Crippen molar-refractivity contribution in [2.75, 3.05) is 12.8 Å². The zero-order chi connectivity index (χ0) is 28.0. The third-order valence-electron chi connectivity index (χ3n) is 7.50. The Morgan fingerprint density at radius 3 is 2.58 bits per heavy atom. The van der Waals surface area contributed by atoms with E-state index in [0.29, 0.717) is 36.8 Å². The molecule has 0 bridgehead atoms. The second-order valence-corrected chi connectivity index (χ2v) is 11.7. The molecule has 1 aromatic rings. The van der Waals surface area contributed by atoms with E-state index in [4.69, 9.17) is 30.4 Å². The predicted octanol–water partition coefficient (Wildman–Crippen LogP) is 1.49. The molecule has 0 saturated carbocycles. The monoisotopic (exact) mass is 575 g/mol. The van der Waals surface area contributed by atoms with Crippen LogP contribution in [0.15, 0.2) is 13.6 Å². The van der Waals surface area contributed by atoms with Gasteiger partial charge in [-0.25, -0.2) is 4.79 Å². The van der Waals surface area contributed by atoms with Crippen LogP contribution in [-0.4, -0.2) is 86.2 Å². The van der Waals surface area contributed by atoms with Gasteiger partial charge in [0.2, 0.25) is 5.91 Å². The van der Waals surface area contributed by atoms with Gasteiger partial charge in [0.25, 0.3) is 0 Å². The molecular weight excluding hydrogens is 538 g/mol. The number of nitrogens with one attached hydrogen (secondary N) is 1. The standard InChI is InChI=1S/C25H38ClN3O8S/c1-13(26)18(22-20(31)19(30)21(32)24(37-22)38-3)28-23(33)16-8-7-15(6-4-5-10-27)9-11-29(16)12-17-14(2)35-25(34)36-17/h13,15-16,18-22,24,30-32H,4-9,11-12H2,1-3H3,(H,28,33). The molecule has 2 aliphatic heterocycles. The number of likely N-dealkylation sites (tertiary alicyclic amines) is 1. The van der Waals surface area contributed by atoms with Crippen LogP contribution in [0.25, 0.3) is 0 Å². The quantitative estimate of drug-likeness (QED) is 0.235. The van der Waals surface area contributed by atoms with Crippen molar-refractivity contribution in [2.45, 2.75) is 106 Å². The Labute approximate surface area is 231 Å². The number of thioether (sulfide) groups is 1. The topological polar surface area (TPSA) is 169 Å². The number of ether oxygens (including phenoxy) is 1. The lowest BCUT2D eigenvalue weighted by Gasteiger charge is -2.44. The summed E-state index contributed by atoms with van der Waals surface area (Å²) in [4.78, 5) is 27.3. The Kier molecular flexibility index (Phi) is 11.5. The maximum Gasteiger partial charge on any atom is 0.519 e. The van der Waals surface area contributed by atoms with Crippen LogP contribution in [0.5, 0.6) is 0 Å². The van der Waals surface area contributed by atoms with Crippen molar-refractivity contribution in [1.29, 1.82) is 5.26 Å². The summed E-state index contributed by atoms with van der Waals surface area (Å²) >= 11 is 7.64. The fourth-order valence-corrected chi connectivity index (χ4v) is 6.14. The number of rotatable bonds is 10. The Bertz CT molecular complexity index is 1010. The van der Waals surface area contributed by atoms with E-state index in [0.717, 1.165) is 25.7 Å². The average Bonchev–Trinajstić information content (AvgIpc) is 3.06. The molecule has 9 atom stereocenters. The van der Waals surface area contributed by atoms with E-state index in [9.17, 15) is 24.9 Å². The van der Waals surface area contributed by atoms with Crippen LogP contribution >= 0.6 is 23.4 Å². The lowest BCUT2D eigenvalue weighted by Crippen LogP contribution is -2.65. The molecule has 2 aliphatic rings. The number of aliphatic hydroxyl groups is 3. The third kappa shape index (κ3) is 7.53. The molecule has 11 nitrogen and oxygen atoms in total. The number of hydrogen-bond acceptors (Lipinski definition) is 11. The number of nitrogens with zero attached hydrogens (tertiary/aromatic N) is 2. The second-order valence-electron chi connectivity index (χ2n) is 10.1. The van der Waals surface area contributed by atoms with Gasteiger partial charge in [0, 0.05) is 6.42 Å². The Balaban J connectivity index is 1.81. The fraction of sp³-hybridized carbons (Fsp3) is 0.800. The molecule has 0 aliphatic carbocycles. The normalized spacial score (nSPS) is 32.2. The van der Waals surface area contributed by atoms with Crippen molar-refractivity contribution in [3.8, 4) is 6.07 Å². The summed E-state index contributed by atoms with van der Waals surface area (Å²) in [6, 6.07) is 0.717. The molecule has 0 radical (unpaired) electrons. The molecule has 9 unspecified atom stereocenters. The van der Waals surface area contributed by atoms with Crippen molar-refractivity contribution in [3.63, 3.8) is 0 Å². The summed E-state index contributed by atoms with van der Waals surface area (Å²) in [6.07, 6.45) is 0.727. The lowest BCUT2D eigenvalue weighted by molar-refractivity contribution is -0.205. The molecule has 4 N–H and O–H groups in total. The first-order chi connectivity index (χ1) is 18.1. The largest absolute Gasteiger partial charge is 0.519 e. The molecule has 3 rings (SSSR count). The van der Waals surface area contributed by atoms with Crippen molar-refractivity contribution in [1.82, 2.24) is 10.2 Å². The number of amides is 1. The molecule has 2 fully saturated rings. The van der Waals surface area contributed by atoms with Crippen LogP contribution in [-0.2, 0) is 16.1 Å². The molecule has 3 heterocycles. The summed E-state index contributed by atoms with van der Waals surface area (Å²) in [5, 5.41) is 42.5. The number of aryl methyl sites for hydroxylation is 1. The van der Waals surface area contributed by atoms with Crippen molar-refractivity contribution >= 4 is 29.3 Å². The van der Waals surface area contributed by atoms with Gasteiger partial charge < -0.3 is 34.2 Å². The molecule has 38 heavy (non-hydrogen) atoms. The second kappa shape index (κ2) is 14.2. The highest BCUT2D eigenvalue weighted by Crippen LogP contribution is 2.31. The number of halogens is 1. The van der Waals surface area contributed by atoms with Gasteiger partial charge >= 0.3 is 5.82 Å². The van der Waals surface area contributed by atoms with E-state index in [1.165, 1.54) is 11.8 Å². The molecule has 0 spiro atoms. The summed E-state index contributed by atoms with van der Waals surface area (Å²) < 4.78 is 16.1. The third-order valence-corrected chi connectivity index (χ3v) is 8.62. The zero-order valence-electron chi connectivity index (χ0n) is 21.9. The van der Waals surface area contributed by atoms with Crippen LogP contribution in [0.2, 0.25) is 0 Å². The van der Waals surface area contributed by atoms with Crippen molar-refractivity contribution in [3.05, 3.63) is 22.1 Å². The first kappa shape index (κ1) is 30.9. The van der Waals surface area contributed by atoms with Gasteiger partial charge in [0.1, 0.15) is 35.6 Å². The van der Waals surface area contributed by atoms with Crippen LogP contribution in [0.1, 0.15) is 57.0 Å². The fourth-order valence-electron chi connectivity index (χ4n) is 5.26.